The van der Waals surface area contributed by atoms with E-state index in [0.717, 1.165) is 27.9 Å². The third-order valence-corrected chi connectivity index (χ3v) is 4.86. The Morgan fingerprint density at radius 1 is 0.760 bits per heavy atom. The van der Waals surface area contributed by atoms with Crippen LogP contribution >= 0.6 is 11.3 Å². The third-order valence-electron chi connectivity index (χ3n) is 3.75. The molecule has 0 aliphatic carbocycles. The van der Waals surface area contributed by atoms with Crippen LogP contribution in [0.5, 0.6) is 11.5 Å². The maximum atomic E-state index is 9.41. The van der Waals surface area contributed by atoms with Crippen molar-refractivity contribution in [3.8, 4) is 11.5 Å². The van der Waals surface area contributed by atoms with Gasteiger partial charge in [0.1, 0.15) is 11.5 Å². The Morgan fingerprint density at radius 2 is 1.24 bits per heavy atom. The highest BCUT2D eigenvalue weighted by atomic mass is 32.1. The second kappa shape index (κ2) is 7.61. The first kappa shape index (κ1) is 17.4. The molecule has 0 aliphatic heterocycles. The van der Waals surface area contributed by atoms with Gasteiger partial charge in [0, 0.05) is 16.2 Å². The van der Waals surface area contributed by atoms with Gasteiger partial charge >= 0.3 is 7.12 Å². The van der Waals surface area contributed by atoms with E-state index in [4.69, 9.17) is 9.47 Å². The van der Waals surface area contributed by atoms with Crippen molar-refractivity contribution in [3.05, 3.63) is 60.7 Å². The highest BCUT2D eigenvalue weighted by molar-refractivity contribution is 7.25. The van der Waals surface area contributed by atoms with Gasteiger partial charge in [-0.25, -0.2) is 0 Å². The number of nitrogens with zero attached hydrogens (tertiary/aromatic N) is 1. The SMILES string of the molecule is COc1ccc(N(c2ccc(OC)cc2)c2ccc(B(O)O)s2)cc1. The standard InChI is InChI=1S/C18H18BNO4S/c1-23-15-7-3-13(4-8-15)20(14-5-9-16(24-2)10-6-14)18-12-11-17(25-18)19(21)22/h3-12,21-22H,1-2H3. The highest BCUT2D eigenvalue weighted by Crippen LogP contribution is 2.37. The van der Waals surface area contributed by atoms with E-state index in [0.29, 0.717) is 4.78 Å². The second-order valence-electron chi connectivity index (χ2n) is 5.28. The van der Waals surface area contributed by atoms with Crippen LogP contribution < -0.4 is 19.2 Å². The summed E-state index contributed by atoms with van der Waals surface area (Å²) in [4.78, 5) is 2.04. The minimum atomic E-state index is -1.48. The van der Waals surface area contributed by atoms with E-state index in [-0.39, 0.29) is 0 Å². The Bertz CT molecular complexity index is 770. The molecule has 0 unspecified atom stereocenters. The molecule has 1 aromatic heterocycles. The zero-order chi connectivity index (χ0) is 17.8. The fraction of sp³-hybridized carbons (Fsp3) is 0.111. The summed E-state index contributed by atoms with van der Waals surface area (Å²) in [5.74, 6) is 1.55. The van der Waals surface area contributed by atoms with Crippen LogP contribution in [-0.4, -0.2) is 31.4 Å². The number of methoxy groups -OCH3 is 2. The summed E-state index contributed by atoms with van der Waals surface area (Å²) in [5, 5.41) is 19.7. The summed E-state index contributed by atoms with van der Waals surface area (Å²) in [5.41, 5.74) is 1.87. The number of ether oxygens (including phenoxy) is 2. The first-order valence-corrected chi connectivity index (χ1v) is 8.48. The fourth-order valence-corrected chi connectivity index (χ4v) is 3.39. The maximum absolute atomic E-state index is 9.41. The summed E-state index contributed by atoms with van der Waals surface area (Å²) < 4.78 is 10.9. The van der Waals surface area contributed by atoms with E-state index in [2.05, 4.69) is 0 Å². The summed E-state index contributed by atoms with van der Waals surface area (Å²) in [6, 6.07) is 19.0. The molecule has 25 heavy (non-hydrogen) atoms. The normalized spacial score (nSPS) is 10.4. The topological polar surface area (TPSA) is 62.2 Å². The Morgan fingerprint density at radius 3 is 1.60 bits per heavy atom. The number of anilines is 3. The average Bonchev–Trinajstić information content (AvgIpc) is 3.13. The lowest BCUT2D eigenvalue weighted by molar-refractivity contribution is 0.415. The molecule has 0 aliphatic rings. The maximum Gasteiger partial charge on any atom is 0.499 e. The molecule has 0 fully saturated rings. The summed E-state index contributed by atoms with van der Waals surface area (Å²) >= 11 is 1.32. The molecule has 0 saturated carbocycles. The first-order chi connectivity index (χ1) is 12.1. The lowest BCUT2D eigenvalue weighted by Gasteiger charge is -2.24. The van der Waals surface area contributed by atoms with Gasteiger partial charge in [0.05, 0.1) is 19.2 Å². The van der Waals surface area contributed by atoms with Crippen LogP contribution in [0.2, 0.25) is 0 Å². The molecule has 0 amide bonds. The Hall–Kier alpha value is -2.48. The molecule has 0 bridgehead atoms. The lowest BCUT2D eigenvalue weighted by atomic mass is 9.90. The monoisotopic (exact) mass is 355 g/mol. The average molecular weight is 355 g/mol. The lowest BCUT2D eigenvalue weighted by Crippen LogP contribution is -2.26. The van der Waals surface area contributed by atoms with Gasteiger partial charge in [-0.1, -0.05) is 0 Å². The summed E-state index contributed by atoms with van der Waals surface area (Å²) in [7, 11) is 1.78. The van der Waals surface area contributed by atoms with Crippen molar-refractivity contribution in [1.29, 1.82) is 0 Å². The zero-order valence-corrected chi connectivity index (χ0v) is 14.7. The summed E-state index contributed by atoms with van der Waals surface area (Å²) in [6.07, 6.45) is 0. The van der Waals surface area contributed by atoms with E-state index >= 15 is 0 Å². The van der Waals surface area contributed by atoms with Gasteiger partial charge in [-0.15, -0.1) is 11.3 Å². The predicted octanol–water partition coefficient (Wildman–Crippen LogP) is 2.91. The van der Waals surface area contributed by atoms with Crippen LogP contribution in [0.25, 0.3) is 0 Å². The predicted molar refractivity (Wildman–Crippen MR) is 102 cm³/mol. The van der Waals surface area contributed by atoms with Gasteiger partial charge in [-0.3, -0.25) is 0 Å². The van der Waals surface area contributed by atoms with Crippen LogP contribution in [0.3, 0.4) is 0 Å². The minimum absolute atomic E-state index is 0.488. The molecule has 0 spiro atoms. The van der Waals surface area contributed by atoms with Crippen LogP contribution in [0.15, 0.2) is 60.7 Å². The molecule has 2 N–H and O–H groups in total. The fourth-order valence-electron chi connectivity index (χ4n) is 2.47. The van der Waals surface area contributed by atoms with Gasteiger partial charge in [-0.2, -0.15) is 0 Å². The number of thiophene rings is 1. The Balaban J connectivity index is 2.05. The molecule has 128 valence electrons. The largest absolute Gasteiger partial charge is 0.499 e. The second-order valence-corrected chi connectivity index (χ2v) is 6.37. The zero-order valence-electron chi connectivity index (χ0n) is 13.9. The highest BCUT2D eigenvalue weighted by Gasteiger charge is 2.19. The molecule has 2 aromatic carbocycles. The molecule has 0 saturated heterocycles. The van der Waals surface area contributed by atoms with Crippen LogP contribution in [0, 0.1) is 0 Å². The van der Waals surface area contributed by atoms with E-state index in [9.17, 15) is 10.0 Å². The number of rotatable bonds is 6. The minimum Gasteiger partial charge on any atom is -0.497 e. The van der Waals surface area contributed by atoms with Gasteiger partial charge in [0.25, 0.3) is 0 Å². The van der Waals surface area contributed by atoms with Gasteiger partial charge < -0.3 is 24.4 Å². The van der Waals surface area contributed by atoms with Crippen LogP contribution in [-0.2, 0) is 0 Å². The molecular weight excluding hydrogens is 337 g/mol. The van der Waals surface area contributed by atoms with Crippen LogP contribution in [0.1, 0.15) is 0 Å². The summed E-state index contributed by atoms with van der Waals surface area (Å²) in [6.45, 7) is 0. The molecule has 7 heteroatoms. The number of hydrogen-bond acceptors (Lipinski definition) is 6. The van der Waals surface area contributed by atoms with Crippen molar-refractivity contribution in [2.75, 3.05) is 19.1 Å². The van der Waals surface area contributed by atoms with Crippen molar-refractivity contribution in [1.82, 2.24) is 0 Å². The van der Waals surface area contributed by atoms with Crippen molar-refractivity contribution >= 4 is 39.6 Å². The van der Waals surface area contributed by atoms with E-state index in [1.54, 1.807) is 20.3 Å². The van der Waals surface area contributed by atoms with E-state index in [1.807, 2.05) is 59.5 Å². The molecule has 3 rings (SSSR count). The molecular formula is C18H18BNO4S. The Kier molecular flexibility index (Phi) is 5.28. The van der Waals surface area contributed by atoms with Crippen molar-refractivity contribution in [3.63, 3.8) is 0 Å². The van der Waals surface area contributed by atoms with E-state index in [1.165, 1.54) is 11.3 Å². The van der Waals surface area contributed by atoms with Crippen molar-refractivity contribution in [2.24, 2.45) is 0 Å². The quantitative estimate of drug-likeness (QED) is 0.666. The van der Waals surface area contributed by atoms with Gasteiger partial charge in [0.2, 0.25) is 0 Å². The van der Waals surface area contributed by atoms with Crippen LogP contribution in [0.4, 0.5) is 16.4 Å². The molecule has 1 heterocycles. The van der Waals surface area contributed by atoms with Gasteiger partial charge in [-0.05, 0) is 60.7 Å². The molecule has 5 nitrogen and oxygen atoms in total. The molecule has 0 radical (unpaired) electrons. The third kappa shape index (κ3) is 3.79. The number of benzene rings is 2. The Labute approximate surface area is 150 Å². The first-order valence-electron chi connectivity index (χ1n) is 7.66. The smallest absolute Gasteiger partial charge is 0.497 e. The van der Waals surface area contributed by atoms with E-state index < -0.39 is 7.12 Å². The number of hydrogen-bond donors (Lipinski definition) is 2. The van der Waals surface area contributed by atoms with Crippen molar-refractivity contribution in [2.45, 2.75) is 0 Å². The van der Waals surface area contributed by atoms with Gasteiger partial charge in [0.15, 0.2) is 0 Å². The molecule has 3 aromatic rings. The molecule has 0 atom stereocenters. The van der Waals surface area contributed by atoms with Crippen molar-refractivity contribution < 1.29 is 19.5 Å².